The number of nitrogens with zero attached hydrogens (tertiary/aromatic N) is 3. The molecule has 92 valence electrons. The topological polar surface area (TPSA) is 72.1 Å². The minimum absolute atomic E-state index is 0.278. The Hall–Kier alpha value is -2.01. The number of amides is 1. The van der Waals surface area contributed by atoms with Gasteiger partial charge in [0.2, 0.25) is 0 Å². The number of hydrogen-bond acceptors (Lipinski definition) is 4. The van der Waals surface area contributed by atoms with Gasteiger partial charge >= 0.3 is 0 Å². The van der Waals surface area contributed by atoms with Gasteiger partial charge in [0, 0.05) is 30.1 Å². The zero-order valence-corrected chi connectivity index (χ0v) is 10.1. The van der Waals surface area contributed by atoms with Crippen molar-refractivity contribution in [2.24, 2.45) is 5.73 Å². The predicted octanol–water partition coefficient (Wildman–Crippen LogP) is 0.758. The maximum Gasteiger partial charge on any atom is 0.267 e. The molecule has 0 atom stereocenters. The second-order valence-corrected chi connectivity index (χ2v) is 4.78. The third-order valence-corrected chi connectivity index (χ3v) is 3.33. The lowest BCUT2D eigenvalue weighted by atomic mass is 9.96. The fourth-order valence-electron chi connectivity index (χ4n) is 2.29. The molecule has 0 radical (unpaired) electrons. The minimum Gasteiger partial charge on any atom is -0.364 e. The van der Waals surface area contributed by atoms with Crippen molar-refractivity contribution in [2.45, 2.75) is 5.92 Å². The monoisotopic (exact) mass is 242 g/mol. The quantitative estimate of drug-likeness (QED) is 0.843. The van der Waals surface area contributed by atoms with Gasteiger partial charge < -0.3 is 10.6 Å². The van der Waals surface area contributed by atoms with Crippen molar-refractivity contribution in [1.82, 2.24) is 14.9 Å². The molecule has 1 amide bonds. The number of primary amides is 1. The zero-order valence-electron chi connectivity index (χ0n) is 10.1. The van der Waals surface area contributed by atoms with Gasteiger partial charge in [-0.3, -0.25) is 9.78 Å². The van der Waals surface area contributed by atoms with Crippen molar-refractivity contribution in [3.63, 3.8) is 0 Å². The number of aromatic nitrogens is 2. The van der Waals surface area contributed by atoms with E-state index in [1.165, 1.54) is 0 Å². The van der Waals surface area contributed by atoms with Crippen LogP contribution in [0.2, 0.25) is 0 Å². The molecule has 2 aromatic rings. The molecule has 5 heteroatoms. The third-order valence-electron chi connectivity index (χ3n) is 3.33. The molecule has 0 bridgehead atoms. The molecule has 1 aliphatic rings. The lowest BCUT2D eigenvalue weighted by molar-refractivity contribution is 0.0996. The molecule has 0 aromatic carbocycles. The van der Waals surface area contributed by atoms with Crippen molar-refractivity contribution >= 4 is 16.8 Å². The van der Waals surface area contributed by atoms with Gasteiger partial charge in [0.1, 0.15) is 5.69 Å². The molecule has 2 aromatic heterocycles. The summed E-state index contributed by atoms with van der Waals surface area (Å²) in [6.45, 7) is 2.09. The fourth-order valence-corrected chi connectivity index (χ4v) is 2.29. The molecule has 0 spiro atoms. The number of nitrogens with two attached hydrogens (primary N) is 1. The number of carbonyl (C=O) groups is 1. The molecule has 0 aliphatic carbocycles. The van der Waals surface area contributed by atoms with E-state index in [2.05, 4.69) is 21.9 Å². The molecule has 1 saturated heterocycles. The van der Waals surface area contributed by atoms with E-state index in [1.54, 1.807) is 12.3 Å². The molecule has 2 N–H and O–H groups in total. The third kappa shape index (κ3) is 1.82. The van der Waals surface area contributed by atoms with Crippen molar-refractivity contribution in [1.29, 1.82) is 0 Å². The molecule has 3 heterocycles. The predicted molar refractivity (Wildman–Crippen MR) is 68.3 cm³/mol. The van der Waals surface area contributed by atoms with Gasteiger partial charge in [0.15, 0.2) is 0 Å². The minimum atomic E-state index is -0.512. The van der Waals surface area contributed by atoms with Crippen LogP contribution in [0.4, 0.5) is 0 Å². The van der Waals surface area contributed by atoms with Crippen molar-refractivity contribution in [3.8, 4) is 0 Å². The van der Waals surface area contributed by atoms with Gasteiger partial charge in [-0.1, -0.05) is 6.07 Å². The van der Waals surface area contributed by atoms with Gasteiger partial charge in [-0.2, -0.15) is 0 Å². The van der Waals surface area contributed by atoms with E-state index < -0.39 is 5.91 Å². The standard InChI is InChI=1S/C13H14N4O/c1-17-6-9(7-17)10-3-2-8-4-11(13(14)18)15-5-12(8)16-10/h2-5,9H,6-7H2,1H3,(H2,14,18). The number of hydrogen-bond donors (Lipinski definition) is 1. The summed E-state index contributed by atoms with van der Waals surface area (Å²) in [5, 5.41) is 0.898. The summed E-state index contributed by atoms with van der Waals surface area (Å²) in [6.07, 6.45) is 1.61. The Morgan fingerprint density at radius 1 is 1.44 bits per heavy atom. The lowest BCUT2D eigenvalue weighted by Crippen LogP contribution is -2.42. The summed E-state index contributed by atoms with van der Waals surface area (Å²) in [6, 6.07) is 5.68. The van der Waals surface area contributed by atoms with E-state index >= 15 is 0 Å². The second kappa shape index (κ2) is 4.03. The van der Waals surface area contributed by atoms with Crippen molar-refractivity contribution in [3.05, 3.63) is 35.8 Å². The molecular weight excluding hydrogens is 228 g/mol. The maximum absolute atomic E-state index is 11.0. The molecule has 1 fully saturated rings. The average molecular weight is 242 g/mol. The summed E-state index contributed by atoms with van der Waals surface area (Å²) in [4.78, 5) is 21.9. The van der Waals surface area contributed by atoms with Crippen LogP contribution in [0.25, 0.3) is 10.9 Å². The van der Waals surface area contributed by atoms with Crippen molar-refractivity contribution < 1.29 is 4.79 Å². The van der Waals surface area contributed by atoms with Crippen LogP contribution in [0.5, 0.6) is 0 Å². The number of likely N-dealkylation sites (N-methyl/N-ethyl adjacent to an activating group) is 1. The van der Waals surface area contributed by atoms with E-state index in [0.29, 0.717) is 5.92 Å². The Labute approximate surface area is 105 Å². The average Bonchev–Trinajstić information content (AvgIpc) is 2.33. The number of likely N-dealkylation sites (tertiary alicyclic amines) is 1. The Bertz CT molecular complexity index is 619. The van der Waals surface area contributed by atoms with Crippen molar-refractivity contribution in [2.75, 3.05) is 20.1 Å². The highest BCUT2D eigenvalue weighted by atomic mass is 16.1. The lowest BCUT2D eigenvalue weighted by Gasteiger charge is -2.35. The molecule has 3 rings (SSSR count). The first-order chi connectivity index (χ1) is 8.63. The number of carbonyl (C=O) groups excluding carboxylic acids is 1. The van der Waals surface area contributed by atoms with Gasteiger partial charge in [-0.15, -0.1) is 0 Å². The molecule has 1 aliphatic heterocycles. The number of pyridine rings is 2. The van der Waals surface area contributed by atoms with Crippen LogP contribution in [-0.4, -0.2) is 40.9 Å². The van der Waals surface area contributed by atoms with Crippen LogP contribution in [0.3, 0.4) is 0 Å². The molecule has 0 unspecified atom stereocenters. The molecule has 18 heavy (non-hydrogen) atoms. The Balaban J connectivity index is 1.98. The van der Waals surface area contributed by atoms with Crippen LogP contribution in [0.15, 0.2) is 24.4 Å². The fraction of sp³-hybridized carbons (Fsp3) is 0.308. The molecular formula is C13H14N4O. The largest absolute Gasteiger partial charge is 0.364 e. The molecule has 5 nitrogen and oxygen atoms in total. The SMILES string of the molecule is CN1CC(c2ccc3cc(C(N)=O)ncc3n2)C1. The van der Waals surface area contributed by atoms with Gasteiger partial charge in [-0.25, -0.2) is 4.98 Å². The van der Waals surface area contributed by atoms with E-state index in [4.69, 9.17) is 5.73 Å². The zero-order chi connectivity index (χ0) is 12.7. The highest BCUT2D eigenvalue weighted by Gasteiger charge is 2.25. The second-order valence-electron chi connectivity index (χ2n) is 4.78. The van der Waals surface area contributed by atoms with Crippen LogP contribution in [0.1, 0.15) is 22.1 Å². The van der Waals surface area contributed by atoms with Crippen LogP contribution in [0, 0.1) is 0 Å². The number of fused-ring (bicyclic) bond motifs is 1. The Morgan fingerprint density at radius 2 is 2.22 bits per heavy atom. The summed E-state index contributed by atoms with van der Waals surface area (Å²) in [5.74, 6) is -0.00295. The number of rotatable bonds is 2. The van der Waals surface area contributed by atoms with Gasteiger partial charge in [0.25, 0.3) is 5.91 Å². The normalized spacial score (nSPS) is 16.7. The highest BCUT2D eigenvalue weighted by Crippen LogP contribution is 2.25. The van der Waals surface area contributed by atoms with Crippen LogP contribution >= 0.6 is 0 Å². The van der Waals surface area contributed by atoms with E-state index in [1.807, 2.05) is 12.1 Å². The Morgan fingerprint density at radius 3 is 2.89 bits per heavy atom. The highest BCUT2D eigenvalue weighted by molar-refractivity contribution is 5.94. The van der Waals surface area contributed by atoms with Gasteiger partial charge in [-0.05, 0) is 19.2 Å². The first-order valence-electron chi connectivity index (χ1n) is 5.88. The van der Waals surface area contributed by atoms with E-state index in [-0.39, 0.29) is 5.69 Å². The first-order valence-corrected chi connectivity index (χ1v) is 5.88. The smallest absolute Gasteiger partial charge is 0.267 e. The first kappa shape index (κ1) is 11.1. The van der Waals surface area contributed by atoms with Gasteiger partial charge in [0.05, 0.1) is 11.7 Å². The Kier molecular flexibility index (Phi) is 2.48. The van der Waals surface area contributed by atoms with E-state index in [9.17, 15) is 4.79 Å². The maximum atomic E-state index is 11.0. The van der Waals surface area contributed by atoms with Crippen LogP contribution in [-0.2, 0) is 0 Å². The summed E-state index contributed by atoms with van der Waals surface area (Å²) < 4.78 is 0. The molecule has 0 saturated carbocycles. The van der Waals surface area contributed by atoms with Crippen LogP contribution < -0.4 is 5.73 Å². The summed E-state index contributed by atoms with van der Waals surface area (Å²) in [7, 11) is 2.10. The summed E-state index contributed by atoms with van der Waals surface area (Å²) >= 11 is 0. The summed E-state index contributed by atoms with van der Waals surface area (Å²) in [5.41, 5.74) is 7.38. The van der Waals surface area contributed by atoms with E-state index in [0.717, 1.165) is 29.7 Å².